The average molecular weight is 414 g/mol. The number of rotatable bonds is 8. The minimum atomic E-state index is -3.84. The number of Topliss-reactive ketones (excluding diaryl/α,β-unsaturated/α-hetero) is 1. The molecule has 0 bridgehead atoms. The van der Waals surface area contributed by atoms with Gasteiger partial charge in [-0.15, -0.1) is 0 Å². The third kappa shape index (κ3) is 3.69. The number of anilines is 1. The molecule has 28 heavy (non-hydrogen) atoms. The van der Waals surface area contributed by atoms with Gasteiger partial charge in [0.25, 0.3) is 11.7 Å². The number of halogens is 1. The lowest BCUT2D eigenvalue weighted by molar-refractivity contribution is -0.114. The van der Waals surface area contributed by atoms with E-state index in [0.717, 1.165) is 11.3 Å². The largest absolute Gasteiger partial charge is 0.393 e. The van der Waals surface area contributed by atoms with Crippen LogP contribution in [-0.4, -0.2) is 75.1 Å². The van der Waals surface area contributed by atoms with Crippen LogP contribution < -0.4 is 4.90 Å². The van der Waals surface area contributed by atoms with Crippen molar-refractivity contribution in [2.75, 3.05) is 38.3 Å². The van der Waals surface area contributed by atoms with Crippen molar-refractivity contribution >= 4 is 27.4 Å². The summed E-state index contributed by atoms with van der Waals surface area (Å²) >= 11 is 0. The maximum absolute atomic E-state index is 13.3. The standard InChI is InChI=1S/C18H23FN2O6S/c1-27-11-13-3-2-7-21(13)28(25,26)14-4-5-16-15(9-14)17(23)18(24)20(16)8-6-12(19)10-22/h4-5,9,12-13,22H,2-3,6-8,10-11H2,1H3/t12-,13-/m0/s1. The summed E-state index contributed by atoms with van der Waals surface area (Å²) in [5.74, 6) is -1.64. The van der Waals surface area contributed by atoms with Gasteiger partial charge < -0.3 is 14.7 Å². The molecule has 0 unspecified atom stereocenters. The van der Waals surface area contributed by atoms with Gasteiger partial charge in [0.1, 0.15) is 6.17 Å². The number of fused-ring (bicyclic) bond motifs is 1. The first kappa shape index (κ1) is 20.8. The first-order valence-electron chi connectivity index (χ1n) is 9.07. The van der Waals surface area contributed by atoms with Crippen molar-refractivity contribution in [2.24, 2.45) is 0 Å². The van der Waals surface area contributed by atoms with Crippen LogP contribution in [0.5, 0.6) is 0 Å². The summed E-state index contributed by atoms with van der Waals surface area (Å²) in [5, 5.41) is 8.79. The molecule has 0 aliphatic carbocycles. The molecular formula is C18H23FN2O6S. The van der Waals surface area contributed by atoms with E-state index >= 15 is 0 Å². The molecule has 154 valence electrons. The van der Waals surface area contributed by atoms with Crippen LogP contribution in [0.25, 0.3) is 0 Å². The number of aliphatic hydroxyl groups excluding tert-OH is 1. The number of sulfonamides is 1. The van der Waals surface area contributed by atoms with Crippen LogP contribution in [0.2, 0.25) is 0 Å². The van der Waals surface area contributed by atoms with Gasteiger partial charge >= 0.3 is 0 Å². The van der Waals surface area contributed by atoms with E-state index in [0.29, 0.717) is 13.0 Å². The Balaban J connectivity index is 1.89. The monoisotopic (exact) mass is 414 g/mol. The lowest BCUT2D eigenvalue weighted by atomic mass is 10.1. The number of alkyl halides is 1. The average Bonchev–Trinajstić information content (AvgIpc) is 3.24. The maximum atomic E-state index is 13.3. The fraction of sp³-hybridized carbons (Fsp3) is 0.556. The molecule has 10 heteroatoms. The van der Waals surface area contributed by atoms with E-state index < -0.39 is 34.5 Å². The smallest absolute Gasteiger partial charge is 0.299 e. The summed E-state index contributed by atoms with van der Waals surface area (Å²) in [5.41, 5.74) is 0.252. The van der Waals surface area contributed by atoms with E-state index in [-0.39, 0.29) is 41.8 Å². The number of aliphatic hydroxyl groups is 1. The number of methoxy groups -OCH3 is 1. The highest BCUT2D eigenvalue weighted by atomic mass is 32.2. The number of carbonyl (C=O) groups excluding carboxylic acids is 2. The van der Waals surface area contributed by atoms with Crippen LogP contribution in [0.3, 0.4) is 0 Å². The van der Waals surface area contributed by atoms with Gasteiger partial charge in [-0.1, -0.05) is 0 Å². The number of ether oxygens (including phenoxy) is 1. The molecule has 1 N–H and O–H groups in total. The van der Waals surface area contributed by atoms with E-state index in [1.165, 1.54) is 29.6 Å². The summed E-state index contributed by atoms with van der Waals surface area (Å²) in [7, 11) is -2.33. The summed E-state index contributed by atoms with van der Waals surface area (Å²) in [6.07, 6.45) is -0.210. The van der Waals surface area contributed by atoms with E-state index in [9.17, 15) is 22.4 Å². The molecule has 0 radical (unpaired) electrons. The molecule has 0 aromatic heterocycles. The molecule has 2 aliphatic rings. The number of amides is 1. The van der Waals surface area contributed by atoms with E-state index in [1.54, 1.807) is 0 Å². The summed E-state index contributed by atoms with van der Waals surface area (Å²) in [6.45, 7) is -0.0952. The number of nitrogens with zero attached hydrogens (tertiary/aromatic N) is 2. The molecule has 1 fully saturated rings. The van der Waals surface area contributed by atoms with Gasteiger partial charge in [-0.05, 0) is 37.5 Å². The second-order valence-electron chi connectivity index (χ2n) is 6.90. The molecule has 1 amide bonds. The molecule has 0 saturated carbocycles. The normalized spacial score (nSPS) is 21.4. The van der Waals surface area contributed by atoms with Crippen LogP contribution in [0.15, 0.2) is 23.1 Å². The van der Waals surface area contributed by atoms with Crippen molar-refractivity contribution in [1.82, 2.24) is 4.31 Å². The Kier molecular flexibility index (Phi) is 6.13. The maximum Gasteiger partial charge on any atom is 0.299 e. The van der Waals surface area contributed by atoms with Crippen molar-refractivity contribution in [3.8, 4) is 0 Å². The second kappa shape index (κ2) is 8.24. The van der Waals surface area contributed by atoms with E-state index in [1.807, 2.05) is 0 Å². The molecule has 1 aromatic rings. The third-order valence-electron chi connectivity index (χ3n) is 5.10. The number of carbonyl (C=O) groups is 2. The number of hydrogen-bond acceptors (Lipinski definition) is 6. The van der Waals surface area contributed by atoms with Gasteiger partial charge in [0.15, 0.2) is 0 Å². The third-order valence-corrected chi connectivity index (χ3v) is 7.04. The van der Waals surface area contributed by atoms with Gasteiger partial charge in [-0.25, -0.2) is 12.8 Å². The summed E-state index contributed by atoms with van der Waals surface area (Å²) in [4.78, 5) is 25.6. The number of hydrogen-bond donors (Lipinski definition) is 1. The highest BCUT2D eigenvalue weighted by Gasteiger charge is 2.39. The Morgan fingerprint density at radius 1 is 1.36 bits per heavy atom. The molecule has 2 aliphatic heterocycles. The molecule has 0 spiro atoms. The van der Waals surface area contributed by atoms with E-state index in [2.05, 4.69) is 0 Å². The Hall–Kier alpha value is -1.88. The van der Waals surface area contributed by atoms with Crippen molar-refractivity contribution < 1.29 is 32.2 Å². The van der Waals surface area contributed by atoms with Gasteiger partial charge in [0.2, 0.25) is 10.0 Å². The van der Waals surface area contributed by atoms with Gasteiger partial charge in [0, 0.05) is 26.2 Å². The number of benzene rings is 1. The number of ketones is 1. The summed E-state index contributed by atoms with van der Waals surface area (Å²) in [6, 6.07) is 3.70. The molecular weight excluding hydrogens is 391 g/mol. The minimum absolute atomic E-state index is 0.00651. The Morgan fingerprint density at radius 3 is 2.79 bits per heavy atom. The van der Waals surface area contributed by atoms with Crippen molar-refractivity contribution in [3.63, 3.8) is 0 Å². The molecule has 2 heterocycles. The Labute approximate surface area is 162 Å². The topological polar surface area (TPSA) is 104 Å². The lowest BCUT2D eigenvalue weighted by Gasteiger charge is -2.24. The van der Waals surface area contributed by atoms with Gasteiger partial charge in [-0.3, -0.25) is 9.59 Å². The second-order valence-corrected chi connectivity index (χ2v) is 8.79. The Bertz CT molecular complexity index is 875. The minimum Gasteiger partial charge on any atom is -0.393 e. The lowest BCUT2D eigenvalue weighted by Crippen LogP contribution is -2.38. The highest BCUT2D eigenvalue weighted by Crippen LogP contribution is 2.33. The van der Waals surface area contributed by atoms with Gasteiger partial charge in [-0.2, -0.15) is 4.31 Å². The predicted octanol–water partition coefficient (Wildman–Crippen LogP) is 0.736. The zero-order chi connectivity index (χ0) is 20.5. The first-order chi connectivity index (χ1) is 13.3. The SMILES string of the molecule is COC[C@@H]1CCCN1S(=O)(=O)c1ccc2c(c1)C(=O)C(=O)N2CC[C@H](F)CO. The van der Waals surface area contributed by atoms with Crippen LogP contribution in [0.1, 0.15) is 29.6 Å². The highest BCUT2D eigenvalue weighted by molar-refractivity contribution is 7.89. The predicted molar refractivity (Wildman–Crippen MR) is 98.5 cm³/mol. The van der Waals surface area contributed by atoms with Crippen LogP contribution in [-0.2, 0) is 19.6 Å². The van der Waals surface area contributed by atoms with Crippen molar-refractivity contribution in [2.45, 2.75) is 36.4 Å². The first-order valence-corrected chi connectivity index (χ1v) is 10.5. The fourth-order valence-corrected chi connectivity index (χ4v) is 5.35. The quantitative estimate of drug-likeness (QED) is 0.629. The zero-order valence-electron chi connectivity index (χ0n) is 15.5. The van der Waals surface area contributed by atoms with Gasteiger partial charge in [0.05, 0.1) is 29.4 Å². The molecule has 3 rings (SSSR count). The van der Waals surface area contributed by atoms with Crippen molar-refractivity contribution in [3.05, 3.63) is 23.8 Å². The molecule has 1 aromatic carbocycles. The Morgan fingerprint density at radius 2 is 2.11 bits per heavy atom. The molecule has 2 atom stereocenters. The fourth-order valence-electron chi connectivity index (χ4n) is 3.64. The summed E-state index contributed by atoms with van der Waals surface area (Å²) < 4.78 is 45.8. The molecule has 1 saturated heterocycles. The van der Waals surface area contributed by atoms with Crippen LogP contribution >= 0.6 is 0 Å². The van der Waals surface area contributed by atoms with Crippen LogP contribution in [0.4, 0.5) is 10.1 Å². The molecule has 8 nitrogen and oxygen atoms in total. The van der Waals surface area contributed by atoms with Crippen LogP contribution in [0, 0.1) is 0 Å². The van der Waals surface area contributed by atoms with Crippen molar-refractivity contribution in [1.29, 1.82) is 0 Å². The van der Waals surface area contributed by atoms with E-state index in [4.69, 9.17) is 9.84 Å². The zero-order valence-corrected chi connectivity index (χ0v) is 16.3.